The Labute approximate surface area is 76.6 Å². The summed E-state index contributed by atoms with van der Waals surface area (Å²) in [5.41, 5.74) is 5.98. The number of carbonyl (C=O) groups is 1. The van der Waals surface area contributed by atoms with E-state index in [0.717, 1.165) is 5.56 Å². The summed E-state index contributed by atoms with van der Waals surface area (Å²) in [6.07, 6.45) is 0.297. The maximum absolute atomic E-state index is 12.5. The van der Waals surface area contributed by atoms with E-state index in [1.807, 2.05) is 6.92 Å². The number of rotatable bonds is 3. The summed E-state index contributed by atoms with van der Waals surface area (Å²) in [5, 5.41) is 0. The first-order valence-electron chi connectivity index (χ1n) is 4.13. The van der Waals surface area contributed by atoms with Crippen molar-refractivity contribution in [2.45, 2.75) is 19.3 Å². The van der Waals surface area contributed by atoms with Crippen molar-refractivity contribution in [2.75, 3.05) is 0 Å². The van der Waals surface area contributed by atoms with Gasteiger partial charge in [0.05, 0.1) is 0 Å². The fraction of sp³-hybridized carbons (Fsp3) is 0.300. The van der Waals surface area contributed by atoms with Gasteiger partial charge in [-0.25, -0.2) is 4.39 Å². The molecule has 0 saturated heterocycles. The summed E-state index contributed by atoms with van der Waals surface area (Å²) in [6, 6.07) is 6.10. The van der Waals surface area contributed by atoms with Crippen LogP contribution in [-0.2, 0) is 4.79 Å². The van der Waals surface area contributed by atoms with Gasteiger partial charge in [0.15, 0.2) is 0 Å². The molecule has 3 heteroatoms. The molecule has 0 radical (unpaired) electrons. The van der Waals surface area contributed by atoms with E-state index < -0.39 is 0 Å². The second-order valence-electron chi connectivity index (χ2n) is 3.12. The molecular weight excluding hydrogens is 169 g/mol. The normalized spacial score (nSPS) is 12.5. The van der Waals surface area contributed by atoms with Crippen LogP contribution < -0.4 is 5.73 Å². The van der Waals surface area contributed by atoms with E-state index in [2.05, 4.69) is 0 Å². The molecule has 0 aliphatic heterocycles. The van der Waals surface area contributed by atoms with Gasteiger partial charge in [0.25, 0.3) is 0 Å². The van der Waals surface area contributed by atoms with Crippen LogP contribution in [0.15, 0.2) is 24.3 Å². The Bertz CT molecular complexity index is 294. The predicted molar refractivity (Wildman–Crippen MR) is 48.6 cm³/mol. The number of hydrogen-bond donors (Lipinski definition) is 1. The molecule has 2 N–H and O–H groups in total. The molecule has 0 fully saturated rings. The lowest BCUT2D eigenvalue weighted by molar-refractivity contribution is -0.118. The number of amides is 1. The van der Waals surface area contributed by atoms with Crippen LogP contribution in [0.5, 0.6) is 0 Å². The molecule has 2 nitrogen and oxygen atoms in total. The second kappa shape index (κ2) is 4.03. The van der Waals surface area contributed by atoms with Gasteiger partial charge in [-0.3, -0.25) is 4.79 Å². The van der Waals surface area contributed by atoms with Crippen LogP contribution in [-0.4, -0.2) is 5.91 Å². The first kappa shape index (κ1) is 9.71. The zero-order chi connectivity index (χ0) is 9.84. The molecule has 0 aliphatic carbocycles. The molecule has 1 aromatic rings. The molecule has 0 saturated carbocycles. The minimum atomic E-state index is -0.336. The van der Waals surface area contributed by atoms with Crippen LogP contribution >= 0.6 is 0 Å². The van der Waals surface area contributed by atoms with E-state index in [1.54, 1.807) is 12.1 Å². The van der Waals surface area contributed by atoms with E-state index in [4.69, 9.17) is 5.73 Å². The highest BCUT2D eigenvalue weighted by atomic mass is 19.1. The van der Waals surface area contributed by atoms with Crippen LogP contribution in [0.3, 0.4) is 0 Å². The smallest absolute Gasteiger partial charge is 0.218 e. The monoisotopic (exact) mass is 181 g/mol. The molecule has 0 spiro atoms. The predicted octanol–water partition coefficient (Wildman–Crippen LogP) is 1.80. The fourth-order valence-electron chi connectivity index (χ4n) is 1.21. The van der Waals surface area contributed by atoms with Crippen LogP contribution in [0.1, 0.15) is 24.8 Å². The van der Waals surface area contributed by atoms with Crippen molar-refractivity contribution in [3.63, 3.8) is 0 Å². The number of hydrogen-bond acceptors (Lipinski definition) is 1. The van der Waals surface area contributed by atoms with Crippen LogP contribution in [0.25, 0.3) is 0 Å². The van der Waals surface area contributed by atoms with Gasteiger partial charge in [-0.05, 0) is 23.6 Å². The van der Waals surface area contributed by atoms with Crippen molar-refractivity contribution < 1.29 is 9.18 Å². The lowest BCUT2D eigenvalue weighted by Gasteiger charge is -2.08. The number of halogens is 1. The summed E-state index contributed by atoms with van der Waals surface area (Å²) in [5.74, 6) is -0.551. The molecule has 0 heterocycles. The van der Waals surface area contributed by atoms with Gasteiger partial charge in [0.2, 0.25) is 5.91 Å². The second-order valence-corrected chi connectivity index (χ2v) is 3.12. The number of primary amides is 1. The van der Waals surface area contributed by atoms with Gasteiger partial charge >= 0.3 is 0 Å². The fourth-order valence-corrected chi connectivity index (χ4v) is 1.21. The Balaban J connectivity index is 2.71. The third-order valence-electron chi connectivity index (χ3n) is 1.95. The largest absolute Gasteiger partial charge is 0.370 e. The quantitative estimate of drug-likeness (QED) is 0.759. The molecule has 1 aromatic carbocycles. The number of nitrogens with two attached hydrogens (primary N) is 1. The molecule has 0 aliphatic rings. The molecular formula is C10H12FNO. The molecule has 1 rings (SSSR count). The Morgan fingerprint density at radius 2 is 2.00 bits per heavy atom. The van der Waals surface area contributed by atoms with Gasteiger partial charge in [-0.15, -0.1) is 0 Å². The van der Waals surface area contributed by atoms with E-state index in [1.165, 1.54) is 12.1 Å². The Morgan fingerprint density at radius 1 is 1.46 bits per heavy atom. The molecule has 1 atom stereocenters. The average molecular weight is 181 g/mol. The lowest BCUT2D eigenvalue weighted by Crippen LogP contribution is -2.13. The molecule has 1 amide bonds. The van der Waals surface area contributed by atoms with E-state index in [-0.39, 0.29) is 17.6 Å². The van der Waals surface area contributed by atoms with E-state index in [0.29, 0.717) is 6.42 Å². The van der Waals surface area contributed by atoms with E-state index in [9.17, 15) is 9.18 Å². The maximum Gasteiger partial charge on any atom is 0.218 e. The number of benzene rings is 1. The zero-order valence-corrected chi connectivity index (χ0v) is 7.46. The standard InChI is InChI=1S/C10H12FNO/c1-7(6-10(12)13)8-2-4-9(11)5-3-8/h2-5,7H,6H2,1H3,(H2,12,13). The van der Waals surface area contributed by atoms with Crippen molar-refractivity contribution in [1.82, 2.24) is 0 Å². The summed E-state index contributed by atoms with van der Waals surface area (Å²) in [6.45, 7) is 1.89. The molecule has 13 heavy (non-hydrogen) atoms. The van der Waals surface area contributed by atoms with Gasteiger partial charge in [-0.1, -0.05) is 19.1 Å². The minimum absolute atomic E-state index is 0.0538. The Hall–Kier alpha value is -1.38. The summed E-state index contributed by atoms with van der Waals surface area (Å²) in [4.78, 5) is 10.6. The first-order chi connectivity index (χ1) is 6.09. The zero-order valence-electron chi connectivity index (χ0n) is 7.46. The van der Waals surface area contributed by atoms with Gasteiger partial charge < -0.3 is 5.73 Å². The highest BCUT2D eigenvalue weighted by molar-refractivity contribution is 5.74. The van der Waals surface area contributed by atoms with Crippen LogP contribution in [0.4, 0.5) is 4.39 Å². The Morgan fingerprint density at radius 3 is 2.46 bits per heavy atom. The average Bonchev–Trinajstić information content (AvgIpc) is 2.04. The lowest BCUT2D eigenvalue weighted by atomic mass is 9.98. The summed E-state index contributed by atoms with van der Waals surface area (Å²) in [7, 11) is 0. The van der Waals surface area contributed by atoms with Gasteiger partial charge in [0.1, 0.15) is 5.82 Å². The molecule has 1 unspecified atom stereocenters. The van der Waals surface area contributed by atoms with Crippen molar-refractivity contribution >= 4 is 5.91 Å². The topological polar surface area (TPSA) is 43.1 Å². The van der Waals surface area contributed by atoms with Crippen LogP contribution in [0, 0.1) is 5.82 Å². The van der Waals surface area contributed by atoms with Gasteiger partial charge in [0, 0.05) is 6.42 Å². The SMILES string of the molecule is CC(CC(N)=O)c1ccc(F)cc1. The minimum Gasteiger partial charge on any atom is -0.370 e. The van der Waals surface area contributed by atoms with Crippen molar-refractivity contribution in [3.05, 3.63) is 35.6 Å². The first-order valence-corrected chi connectivity index (χ1v) is 4.13. The van der Waals surface area contributed by atoms with Crippen LogP contribution in [0.2, 0.25) is 0 Å². The van der Waals surface area contributed by atoms with E-state index >= 15 is 0 Å². The molecule has 0 aromatic heterocycles. The van der Waals surface area contributed by atoms with Gasteiger partial charge in [-0.2, -0.15) is 0 Å². The maximum atomic E-state index is 12.5. The summed E-state index contributed by atoms with van der Waals surface area (Å²) >= 11 is 0. The Kier molecular flexibility index (Phi) is 3.01. The highest BCUT2D eigenvalue weighted by Gasteiger charge is 2.08. The van der Waals surface area contributed by atoms with Crippen molar-refractivity contribution in [3.8, 4) is 0 Å². The summed E-state index contributed by atoms with van der Waals surface area (Å²) < 4.78 is 12.5. The highest BCUT2D eigenvalue weighted by Crippen LogP contribution is 2.18. The number of carbonyl (C=O) groups excluding carboxylic acids is 1. The molecule has 0 bridgehead atoms. The molecule has 70 valence electrons. The van der Waals surface area contributed by atoms with Crippen molar-refractivity contribution in [2.24, 2.45) is 5.73 Å². The third kappa shape index (κ3) is 2.86. The van der Waals surface area contributed by atoms with Crippen molar-refractivity contribution in [1.29, 1.82) is 0 Å². The third-order valence-corrected chi connectivity index (χ3v) is 1.95.